The van der Waals surface area contributed by atoms with Gasteiger partial charge in [-0.1, -0.05) is 55.0 Å². The standard InChI is InChI=1S/C21H22/c1-2-12-20-18-10-6-4-8-16(18)14-15-17-9-5-7-11-19(17)21(20)13-3-1/h4-11H,1-3,12-15H2. The van der Waals surface area contributed by atoms with Gasteiger partial charge in [0, 0.05) is 0 Å². The van der Waals surface area contributed by atoms with Gasteiger partial charge in [0.15, 0.2) is 0 Å². The molecule has 2 aliphatic rings. The lowest BCUT2D eigenvalue weighted by molar-refractivity contribution is 0.723. The number of hydrogen-bond acceptors (Lipinski definition) is 0. The van der Waals surface area contributed by atoms with Crippen molar-refractivity contribution in [3.8, 4) is 0 Å². The van der Waals surface area contributed by atoms with Crippen LogP contribution >= 0.6 is 0 Å². The number of aryl methyl sites for hydroxylation is 2. The van der Waals surface area contributed by atoms with Crippen LogP contribution in [0.5, 0.6) is 0 Å². The molecular formula is C21H22. The van der Waals surface area contributed by atoms with E-state index < -0.39 is 0 Å². The predicted molar refractivity (Wildman–Crippen MR) is 90.2 cm³/mol. The van der Waals surface area contributed by atoms with Crippen LogP contribution in [0.3, 0.4) is 0 Å². The summed E-state index contributed by atoms with van der Waals surface area (Å²) < 4.78 is 0. The maximum Gasteiger partial charge on any atom is -0.0189 e. The normalized spacial score (nSPS) is 17.9. The fourth-order valence-corrected chi connectivity index (χ4v) is 4.01. The first-order valence-corrected chi connectivity index (χ1v) is 8.32. The van der Waals surface area contributed by atoms with Crippen molar-refractivity contribution in [2.75, 3.05) is 0 Å². The van der Waals surface area contributed by atoms with Gasteiger partial charge >= 0.3 is 0 Å². The van der Waals surface area contributed by atoms with Crippen LogP contribution in [0.25, 0.3) is 11.1 Å². The number of rotatable bonds is 0. The minimum atomic E-state index is 1.17. The fraction of sp³-hybridized carbons (Fsp3) is 0.333. The van der Waals surface area contributed by atoms with Gasteiger partial charge in [-0.05, 0) is 71.9 Å². The maximum absolute atomic E-state index is 2.35. The molecule has 0 nitrogen and oxygen atoms in total. The predicted octanol–water partition coefficient (Wildman–Crippen LogP) is 5.66. The van der Waals surface area contributed by atoms with Gasteiger partial charge in [-0.2, -0.15) is 0 Å². The van der Waals surface area contributed by atoms with Crippen molar-refractivity contribution in [3.63, 3.8) is 0 Å². The molecule has 0 saturated heterocycles. The first-order valence-electron chi connectivity index (χ1n) is 8.32. The van der Waals surface area contributed by atoms with E-state index in [1.54, 1.807) is 22.3 Å². The molecule has 21 heavy (non-hydrogen) atoms. The van der Waals surface area contributed by atoms with Crippen molar-refractivity contribution >= 4 is 11.1 Å². The molecule has 0 N–H and O–H groups in total. The van der Waals surface area contributed by atoms with Gasteiger partial charge in [-0.25, -0.2) is 0 Å². The molecule has 2 aliphatic carbocycles. The van der Waals surface area contributed by atoms with E-state index in [-0.39, 0.29) is 0 Å². The molecule has 2 aromatic carbocycles. The van der Waals surface area contributed by atoms with E-state index in [2.05, 4.69) is 48.5 Å². The molecule has 0 saturated carbocycles. The number of fused-ring (bicyclic) bond motifs is 4. The quantitative estimate of drug-likeness (QED) is 0.581. The van der Waals surface area contributed by atoms with E-state index in [0.29, 0.717) is 0 Å². The van der Waals surface area contributed by atoms with Gasteiger partial charge < -0.3 is 0 Å². The second kappa shape index (κ2) is 5.52. The molecule has 0 aliphatic heterocycles. The van der Waals surface area contributed by atoms with E-state index in [0.717, 1.165) is 0 Å². The van der Waals surface area contributed by atoms with Crippen molar-refractivity contribution < 1.29 is 0 Å². The summed E-state index contributed by atoms with van der Waals surface area (Å²) in [5.41, 5.74) is 9.42. The zero-order chi connectivity index (χ0) is 14.1. The Balaban J connectivity index is 1.99. The van der Waals surface area contributed by atoms with Gasteiger partial charge in [0.05, 0.1) is 0 Å². The number of allylic oxidation sites excluding steroid dienone is 2. The van der Waals surface area contributed by atoms with E-state index in [1.165, 1.54) is 56.1 Å². The summed E-state index contributed by atoms with van der Waals surface area (Å²) in [5, 5.41) is 0. The average Bonchev–Trinajstić information content (AvgIpc) is 2.77. The molecule has 0 unspecified atom stereocenters. The summed E-state index contributed by atoms with van der Waals surface area (Å²) in [7, 11) is 0. The van der Waals surface area contributed by atoms with Gasteiger partial charge in [0.1, 0.15) is 0 Å². The van der Waals surface area contributed by atoms with E-state index >= 15 is 0 Å². The molecule has 2 aromatic rings. The van der Waals surface area contributed by atoms with E-state index in [1.807, 2.05) is 0 Å². The van der Waals surface area contributed by atoms with Crippen LogP contribution in [0.15, 0.2) is 48.5 Å². The molecular weight excluding hydrogens is 252 g/mol. The molecule has 0 fully saturated rings. The summed E-state index contributed by atoms with van der Waals surface area (Å²) >= 11 is 0. The molecule has 0 radical (unpaired) electrons. The number of hydrogen-bond donors (Lipinski definition) is 0. The molecule has 0 heterocycles. The summed E-state index contributed by atoms with van der Waals surface area (Å²) in [6.45, 7) is 0. The Morgan fingerprint density at radius 2 is 0.952 bits per heavy atom. The minimum Gasteiger partial charge on any atom is -0.0620 e. The van der Waals surface area contributed by atoms with Crippen LogP contribution in [0.2, 0.25) is 0 Å². The lowest BCUT2D eigenvalue weighted by Gasteiger charge is -2.22. The number of benzene rings is 2. The second-order valence-electron chi connectivity index (χ2n) is 6.33. The Morgan fingerprint density at radius 1 is 0.476 bits per heavy atom. The third-order valence-electron chi connectivity index (χ3n) is 5.07. The average molecular weight is 274 g/mol. The smallest absolute Gasteiger partial charge is 0.0189 e. The van der Waals surface area contributed by atoms with Crippen molar-refractivity contribution in [2.24, 2.45) is 0 Å². The Kier molecular flexibility index (Phi) is 3.39. The van der Waals surface area contributed by atoms with Crippen molar-refractivity contribution in [1.29, 1.82) is 0 Å². The Morgan fingerprint density at radius 3 is 1.48 bits per heavy atom. The molecule has 4 rings (SSSR count). The topological polar surface area (TPSA) is 0 Å². The Hall–Kier alpha value is -1.82. The van der Waals surface area contributed by atoms with Gasteiger partial charge in [-0.15, -0.1) is 0 Å². The van der Waals surface area contributed by atoms with Gasteiger partial charge in [0.25, 0.3) is 0 Å². The van der Waals surface area contributed by atoms with E-state index in [9.17, 15) is 0 Å². The highest BCUT2D eigenvalue weighted by Crippen LogP contribution is 2.40. The van der Waals surface area contributed by atoms with Crippen molar-refractivity contribution in [2.45, 2.75) is 44.9 Å². The highest BCUT2D eigenvalue weighted by atomic mass is 14.2. The van der Waals surface area contributed by atoms with Crippen molar-refractivity contribution in [3.05, 3.63) is 70.8 Å². The van der Waals surface area contributed by atoms with Crippen LogP contribution in [-0.2, 0) is 12.8 Å². The van der Waals surface area contributed by atoms with Crippen LogP contribution in [0.4, 0.5) is 0 Å². The van der Waals surface area contributed by atoms with Crippen LogP contribution in [0.1, 0.15) is 54.4 Å². The Bertz CT molecular complexity index is 631. The summed E-state index contributed by atoms with van der Waals surface area (Å²) in [4.78, 5) is 0. The maximum atomic E-state index is 2.35. The lowest BCUT2D eigenvalue weighted by Crippen LogP contribution is -2.05. The fourth-order valence-electron chi connectivity index (χ4n) is 4.01. The summed E-state index contributed by atoms with van der Waals surface area (Å²) in [6.07, 6.45) is 8.90. The molecule has 106 valence electrons. The molecule has 0 amide bonds. The first-order chi connectivity index (χ1) is 10.4. The molecule has 0 bridgehead atoms. The molecule has 0 spiro atoms. The van der Waals surface area contributed by atoms with Crippen LogP contribution in [0, 0.1) is 0 Å². The first kappa shape index (κ1) is 12.9. The largest absolute Gasteiger partial charge is 0.0620 e. The van der Waals surface area contributed by atoms with Crippen LogP contribution < -0.4 is 0 Å². The summed E-state index contributed by atoms with van der Waals surface area (Å²) in [5.74, 6) is 0. The Labute approximate surface area is 127 Å². The monoisotopic (exact) mass is 274 g/mol. The third-order valence-corrected chi connectivity index (χ3v) is 5.07. The second-order valence-corrected chi connectivity index (χ2v) is 6.33. The van der Waals surface area contributed by atoms with E-state index in [4.69, 9.17) is 0 Å². The SMILES string of the molecule is c1ccc2c(c1)CCc1ccccc1C1=C2CCCCC1. The molecule has 0 heteroatoms. The van der Waals surface area contributed by atoms with Crippen molar-refractivity contribution in [1.82, 2.24) is 0 Å². The minimum absolute atomic E-state index is 1.17. The van der Waals surface area contributed by atoms with Crippen LogP contribution in [-0.4, -0.2) is 0 Å². The molecule has 0 aromatic heterocycles. The molecule has 0 atom stereocenters. The van der Waals surface area contributed by atoms with Gasteiger partial charge in [0.2, 0.25) is 0 Å². The summed E-state index contributed by atoms with van der Waals surface area (Å²) in [6, 6.07) is 18.2. The highest BCUT2D eigenvalue weighted by Gasteiger charge is 2.20. The highest BCUT2D eigenvalue weighted by molar-refractivity contribution is 5.93. The zero-order valence-corrected chi connectivity index (χ0v) is 12.6. The third kappa shape index (κ3) is 2.33. The van der Waals surface area contributed by atoms with Gasteiger partial charge in [-0.3, -0.25) is 0 Å². The zero-order valence-electron chi connectivity index (χ0n) is 12.6. The lowest BCUT2D eigenvalue weighted by atomic mass is 9.82.